The minimum Gasteiger partial charge on any atom is -0.481 e. The van der Waals surface area contributed by atoms with Gasteiger partial charge in [0.05, 0.1) is 12.5 Å². The van der Waals surface area contributed by atoms with Gasteiger partial charge < -0.3 is 15.5 Å². The number of carbonyl (C=O) groups is 1. The summed E-state index contributed by atoms with van der Waals surface area (Å²) in [6.07, 6.45) is 1.06. The molecule has 0 spiro atoms. The lowest BCUT2D eigenvalue weighted by Gasteiger charge is -2.16. The number of nitrogens with one attached hydrogen (secondary N) is 1. The Balaban J connectivity index is 2.41. The van der Waals surface area contributed by atoms with E-state index < -0.39 is 12.1 Å². The van der Waals surface area contributed by atoms with E-state index in [1.807, 2.05) is 0 Å². The fourth-order valence-electron chi connectivity index (χ4n) is 1.55. The third-order valence-electron chi connectivity index (χ3n) is 2.29. The Kier molecular flexibility index (Phi) is 3.49. The van der Waals surface area contributed by atoms with Crippen LogP contribution in [0.4, 0.5) is 0 Å². The first-order valence-electron chi connectivity index (χ1n) is 4.30. The number of carboxylic acid groups (broad SMARTS) is 1. The van der Waals surface area contributed by atoms with Crippen molar-refractivity contribution in [2.75, 3.05) is 13.1 Å². The maximum absolute atomic E-state index is 10.4. The minimum atomic E-state index is -0.819. The van der Waals surface area contributed by atoms with E-state index in [9.17, 15) is 9.90 Å². The summed E-state index contributed by atoms with van der Waals surface area (Å²) < 4.78 is 0. The lowest BCUT2D eigenvalue weighted by atomic mass is 9.94. The van der Waals surface area contributed by atoms with Gasteiger partial charge in [-0.05, 0) is 31.8 Å². The quantitative estimate of drug-likeness (QED) is 0.542. The van der Waals surface area contributed by atoms with Crippen molar-refractivity contribution in [1.29, 1.82) is 0 Å². The molecule has 0 amide bonds. The first-order chi connectivity index (χ1) is 5.70. The number of carboxylic acids is 1. The molecule has 4 heteroatoms. The zero-order valence-corrected chi connectivity index (χ0v) is 6.99. The molecule has 0 saturated carbocycles. The largest absolute Gasteiger partial charge is 0.481 e. The highest BCUT2D eigenvalue weighted by Gasteiger charge is 2.23. The van der Waals surface area contributed by atoms with Crippen molar-refractivity contribution in [2.24, 2.45) is 5.92 Å². The molecular formula is C8H15NO3. The number of aliphatic hydroxyl groups is 1. The SMILES string of the molecule is O=C(O)C[C@H]1CCNCC[C@H]1O. The topological polar surface area (TPSA) is 69.6 Å². The third kappa shape index (κ3) is 2.79. The van der Waals surface area contributed by atoms with Crippen molar-refractivity contribution >= 4 is 5.97 Å². The van der Waals surface area contributed by atoms with E-state index in [0.29, 0.717) is 6.42 Å². The van der Waals surface area contributed by atoms with Crippen LogP contribution in [-0.4, -0.2) is 35.4 Å². The maximum Gasteiger partial charge on any atom is 0.303 e. The predicted octanol–water partition coefficient (Wildman–Crippen LogP) is -0.178. The average Bonchev–Trinajstić information content (AvgIpc) is 2.16. The van der Waals surface area contributed by atoms with Crippen molar-refractivity contribution < 1.29 is 15.0 Å². The van der Waals surface area contributed by atoms with Crippen molar-refractivity contribution in [3.63, 3.8) is 0 Å². The molecule has 1 aliphatic heterocycles. The number of hydrogen-bond donors (Lipinski definition) is 3. The van der Waals surface area contributed by atoms with Crippen LogP contribution < -0.4 is 5.32 Å². The van der Waals surface area contributed by atoms with Gasteiger partial charge >= 0.3 is 5.97 Å². The van der Waals surface area contributed by atoms with Crippen molar-refractivity contribution in [3.8, 4) is 0 Å². The van der Waals surface area contributed by atoms with E-state index in [2.05, 4.69) is 5.32 Å². The van der Waals surface area contributed by atoms with E-state index >= 15 is 0 Å². The molecule has 1 saturated heterocycles. The molecule has 3 N–H and O–H groups in total. The van der Waals surface area contributed by atoms with E-state index in [1.165, 1.54) is 0 Å². The lowest BCUT2D eigenvalue weighted by molar-refractivity contribution is -0.139. The van der Waals surface area contributed by atoms with Gasteiger partial charge in [-0.2, -0.15) is 0 Å². The van der Waals surface area contributed by atoms with Crippen LogP contribution in [0.5, 0.6) is 0 Å². The van der Waals surface area contributed by atoms with Crippen molar-refractivity contribution in [3.05, 3.63) is 0 Å². The zero-order chi connectivity index (χ0) is 8.97. The van der Waals surface area contributed by atoms with Crippen LogP contribution in [0, 0.1) is 5.92 Å². The van der Waals surface area contributed by atoms with Crippen LogP contribution in [0.25, 0.3) is 0 Å². The summed E-state index contributed by atoms with van der Waals surface area (Å²) in [5.74, 6) is -0.890. The molecule has 0 aliphatic carbocycles. The molecule has 0 radical (unpaired) electrons. The van der Waals surface area contributed by atoms with Gasteiger partial charge in [0, 0.05) is 0 Å². The smallest absolute Gasteiger partial charge is 0.303 e. The Labute approximate surface area is 71.6 Å². The molecule has 2 atom stereocenters. The summed E-state index contributed by atoms with van der Waals surface area (Å²) >= 11 is 0. The minimum absolute atomic E-state index is 0.0718. The van der Waals surface area contributed by atoms with Crippen LogP contribution in [0.15, 0.2) is 0 Å². The fourth-order valence-corrected chi connectivity index (χ4v) is 1.55. The van der Waals surface area contributed by atoms with Crippen molar-refractivity contribution in [2.45, 2.75) is 25.4 Å². The molecule has 1 fully saturated rings. The van der Waals surface area contributed by atoms with Crippen molar-refractivity contribution in [1.82, 2.24) is 5.32 Å². The summed E-state index contributed by atoms with van der Waals surface area (Å²) in [6, 6.07) is 0. The number of hydrogen-bond acceptors (Lipinski definition) is 3. The molecule has 0 aromatic heterocycles. The molecule has 0 bridgehead atoms. The average molecular weight is 173 g/mol. The van der Waals surface area contributed by atoms with Gasteiger partial charge in [-0.25, -0.2) is 0 Å². The van der Waals surface area contributed by atoms with Gasteiger partial charge in [0.15, 0.2) is 0 Å². The highest BCUT2D eigenvalue weighted by Crippen LogP contribution is 2.17. The number of aliphatic hydroxyl groups excluding tert-OH is 1. The van der Waals surface area contributed by atoms with Gasteiger partial charge in [-0.3, -0.25) is 4.79 Å². The normalized spacial score (nSPS) is 31.1. The zero-order valence-electron chi connectivity index (χ0n) is 6.99. The molecule has 1 aliphatic rings. The maximum atomic E-state index is 10.4. The summed E-state index contributed by atoms with van der Waals surface area (Å²) in [6.45, 7) is 1.60. The first-order valence-corrected chi connectivity index (χ1v) is 4.30. The molecular weight excluding hydrogens is 158 g/mol. The van der Waals surface area contributed by atoms with E-state index in [4.69, 9.17) is 5.11 Å². The molecule has 12 heavy (non-hydrogen) atoms. The first kappa shape index (κ1) is 9.48. The Morgan fingerprint density at radius 3 is 2.75 bits per heavy atom. The highest BCUT2D eigenvalue weighted by molar-refractivity contribution is 5.67. The molecule has 4 nitrogen and oxygen atoms in total. The van der Waals surface area contributed by atoms with E-state index in [1.54, 1.807) is 0 Å². The fraction of sp³-hybridized carbons (Fsp3) is 0.875. The van der Waals surface area contributed by atoms with Gasteiger partial charge in [-0.15, -0.1) is 0 Å². The Bertz CT molecular complexity index is 160. The Morgan fingerprint density at radius 1 is 1.42 bits per heavy atom. The Hall–Kier alpha value is -0.610. The second-order valence-electron chi connectivity index (χ2n) is 3.25. The second-order valence-corrected chi connectivity index (χ2v) is 3.25. The molecule has 0 aromatic rings. The standard InChI is InChI=1S/C8H15NO3/c10-7-2-4-9-3-1-6(7)5-8(11)12/h6-7,9-10H,1-5H2,(H,11,12)/t6-,7-/m1/s1. The monoisotopic (exact) mass is 173 g/mol. The van der Waals surface area contributed by atoms with Crippen LogP contribution in [0.1, 0.15) is 19.3 Å². The van der Waals surface area contributed by atoms with E-state index in [0.717, 1.165) is 19.5 Å². The second kappa shape index (κ2) is 4.42. The molecule has 1 rings (SSSR count). The lowest BCUT2D eigenvalue weighted by Crippen LogP contribution is -2.22. The summed E-state index contributed by atoms with van der Waals surface area (Å²) in [5.41, 5.74) is 0. The van der Waals surface area contributed by atoms with Gasteiger partial charge in [0.2, 0.25) is 0 Å². The summed E-state index contributed by atoms with van der Waals surface area (Å²) in [4.78, 5) is 10.4. The van der Waals surface area contributed by atoms with Crippen LogP contribution in [-0.2, 0) is 4.79 Å². The molecule has 0 unspecified atom stereocenters. The van der Waals surface area contributed by atoms with Crippen LogP contribution in [0.2, 0.25) is 0 Å². The molecule has 70 valence electrons. The van der Waals surface area contributed by atoms with Crippen LogP contribution >= 0.6 is 0 Å². The highest BCUT2D eigenvalue weighted by atomic mass is 16.4. The predicted molar refractivity (Wildman–Crippen MR) is 43.9 cm³/mol. The van der Waals surface area contributed by atoms with Gasteiger partial charge in [-0.1, -0.05) is 0 Å². The van der Waals surface area contributed by atoms with Crippen LogP contribution in [0.3, 0.4) is 0 Å². The number of aliphatic carboxylic acids is 1. The molecule has 0 aromatic carbocycles. The van der Waals surface area contributed by atoms with Gasteiger partial charge in [0.1, 0.15) is 0 Å². The third-order valence-corrected chi connectivity index (χ3v) is 2.29. The van der Waals surface area contributed by atoms with Gasteiger partial charge in [0.25, 0.3) is 0 Å². The Morgan fingerprint density at radius 2 is 2.08 bits per heavy atom. The molecule has 1 heterocycles. The number of rotatable bonds is 2. The summed E-state index contributed by atoms with van der Waals surface area (Å²) in [7, 11) is 0. The van der Waals surface area contributed by atoms with E-state index in [-0.39, 0.29) is 12.3 Å². The summed E-state index contributed by atoms with van der Waals surface area (Å²) in [5, 5.41) is 21.2.